The average Bonchev–Trinajstić information content (AvgIpc) is 2.55. The molecule has 2 aromatic carbocycles. The van der Waals surface area contributed by atoms with Gasteiger partial charge in [-0.1, -0.05) is 49.7 Å². The van der Waals surface area contributed by atoms with Crippen molar-refractivity contribution in [2.24, 2.45) is 0 Å². The van der Waals surface area contributed by atoms with Crippen molar-refractivity contribution in [1.82, 2.24) is 5.32 Å². The van der Waals surface area contributed by atoms with Gasteiger partial charge in [0.05, 0.1) is 5.69 Å². The molecule has 0 bridgehead atoms. The fourth-order valence-electron chi connectivity index (χ4n) is 2.58. The number of anilines is 1. The van der Waals surface area contributed by atoms with Crippen molar-refractivity contribution in [3.05, 3.63) is 64.4 Å². The summed E-state index contributed by atoms with van der Waals surface area (Å²) in [4.78, 5) is 24.0. The summed E-state index contributed by atoms with van der Waals surface area (Å²) in [5.41, 5.74) is 1.74. The third-order valence-corrected chi connectivity index (χ3v) is 4.19. The van der Waals surface area contributed by atoms with Crippen molar-refractivity contribution >= 4 is 29.1 Å². The molecule has 0 radical (unpaired) electrons. The number of rotatable bonds is 4. The highest BCUT2D eigenvalue weighted by Crippen LogP contribution is 2.25. The van der Waals surface area contributed by atoms with E-state index in [0.717, 1.165) is 17.2 Å². The van der Waals surface area contributed by atoms with Crippen LogP contribution in [0, 0.1) is 12.7 Å². The van der Waals surface area contributed by atoms with Gasteiger partial charge in [-0.2, -0.15) is 0 Å². The van der Waals surface area contributed by atoms with Crippen LogP contribution in [0.4, 0.5) is 10.1 Å². The van der Waals surface area contributed by atoms with Gasteiger partial charge in [-0.15, -0.1) is 0 Å². The number of halogens is 2. The molecule has 0 saturated heterocycles. The van der Waals surface area contributed by atoms with E-state index in [1.54, 1.807) is 0 Å². The quantitative estimate of drug-likeness (QED) is 0.812. The number of amides is 2. The van der Waals surface area contributed by atoms with E-state index in [4.69, 9.17) is 11.6 Å². The average molecular weight is 363 g/mol. The minimum absolute atomic E-state index is 0.0947. The third-order valence-electron chi connectivity index (χ3n) is 3.95. The van der Waals surface area contributed by atoms with Gasteiger partial charge in [-0.3, -0.25) is 9.59 Å². The zero-order chi connectivity index (χ0) is 18.6. The maximum absolute atomic E-state index is 13.7. The predicted octanol–water partition coefficient (Wildman–Crippen LogP) is 3.82. The molecule has 0 fully saturated rings. The molecule has 6 heteroatoms. The Kier molecular flexibility index (Phi) is 5.80. The lowest BCUT2D eigenvalue weighted by atomic mass is 9.82. The summed E-state index contributed by atoms with van der Waals surface area (Å²) in [5, 5.41) is 5.05. The normalized spacial score (nSPS) is 11.1. The van der Waals surface area contributed by atoms with E-state index in [9.17, 15) is 14.0 Å². The highest BCUT2D eigenvalue weighted by molar-refractivity contribution is 6.39. The number of aryl methyl sites for hydroxylation is 1. The maximum atomic E-state index is 13.7. The highest BCUT2D eigenvalue weighted by Gasteiger charge is 2.25. The SMILES string of the molecule is Cc1ccccc1C(C)(C)CNC(=O)C(=O)Nc1ccc(Cl)cc1F. The summed E-state index contributed by atoms with van der Waals surface area (Å²) in [6.07, 6.45) is 0. The van der Waals surface area contributed by atoms with Gasteiger partial charge in [0, 0.05) is 17.0 Å². The summed E-state index contributed by atoms with van der Waals surface area (Å²) in [5.74, 6) is -2.45. The number of carbonyl (C=O) groups is 2. The van der Waals surface area contributed by atoms with E-state index < -0.39 is 17.6 Å². The Morgan fingerprint density at radius 2 is 1.80 bits per heavy atom. The molecule has 2 rings (SSSR count). The smallest absolute Gasteiger partial charge is 0.313 e. The summed E-state index contributed by atoms with van der Waals surface area (Å²) in [7, 11) is 0. The van der Waals surface area contributed by atoms with E-state index in [1.165, 1.54) is 12.1 Å². The minimum atomic E-state index is -0.929. The van der Waals surface area contributed by atoms with Gasteiger partial charge in [0.1, 0.15) is 5.82 Å². The van der Waals surface area contributed by atoms with Crippen molar-refractivity contribution in [1.29, 1.82) is 0 Å². The van der Waals surface area contributed by atoms with Crippen molar-refractivity contribution in [3.8, 4) is 0 Å². The summed E-state index contributed by atoms with van der Waals surface area (Å²) >= 11 is 5.65. The van der Waals surface area contributed by atoms with Crippen molar-refractivity contribution in [2.75, 3.05) is 11.9 Å². The van der Waals surface area contributed by atoms with E-state index in [2.05, 4.69) is 10.6 Å². The molecule has 0 unspecified atom stereocenters. The van der Waals surface area contributed by atoms with Gasteiger partial charge in [-0.05, 0) is 36.2 Å². The second kappa shape index (κ2) is 7.66. The predicted molar refractivity (Wildman–Crippen MR) is 97.3 cm³/mol. The lowest BCUT2D eigenvalue weighted by Crippen LogP contribution is -2.42. The molecule has 0 aromatic heterocycles. The molecule has 25 heavy (non-hydrogen) atoms. The number of nitrogens with one attached hydrogen (secondary N) is 2. The van der Waals surface area contributed by atoms with Crippen LogP contribution >= 0.6 is 11.6 Å². The molecule has 4 nitrogen and oxygen atoms in total. The summed E-state index contributed by atoms with van der Waals surface area (Å²) in [6, 6.07) is 11.7. The molecule has 132 valence electrons. The van der Waals surface area contributed by atoms with Crippen LogP contribution < -0.4 is 10.6 Å². The molecule has 0 saturated carbocycles. The molecule has 2 aromatic rings. The number of benzene rings is 2. The first-order chi connectivity index (χ1) is 11.7. The fourth-order valence-corrected chi connectivity index (χ4v) is 2.74. The summed E-state index contributed by atoms with van der Waals surface area (Å²) < 4.78 is 13.7. The van der Waals surface area contributed by atoms with Gasteiger partial charge in [0.2, 0.25) is 0 Å². The number of carbonyl (C=O) groups excluding carboxylic acids is 2. The van der Waals surface area contributed by atoms with Gasteiger partial charge >= 0.3 is 11.8 Å². The Labute approximate surface area is 151 Å². The zero-order valence-corrected chi connectivity index (χ0v) is 15.1. The molecule has 0 spiro atoms. The van der Waals surface area contributed by atoms with E-state index >= 15 is 0 Å². The minimum Gasteiger partial charge on any atom is -0.347 e. The fraction of sp³-hybridized carbons (Fsp3) is 0.263. The monoisotopic (exact) mass is 362 g/mol. The van der Waals surface area contributed by atoms with Gasteiger partial charge in [0.15, 0.2) is 0 Å². The first kappa shape index (κ1) is 18.9. The Morgan fingerprint density at radius 3 is 2.44 bits per heavy atom. The molecule has 0 heterocycles. The van der Waals surface area contributed by atoms with E-state index in [1.807, 2.05) is 45.0 Å². The third kappa shape index (κ3) is 4.79. The standard InChI is InChI=1S/C19H20ClFN2O2/c1-12-6-4-5-7-14(12)19(2,3)11-22-17(24)18(25)23-16-9-8-13(20)10-15(16)21/h4-10H,11H2,1-3H3,(H,22,24)(H,23,25). The van der Waals surface area contributed by atoms with Crippen molar-refractivity contribution < 1.29 is 14.0 Å². The Morgan fingerprint density at radius 1 is 1.12 bits per heavy atom. The van der Waals surface area contributed by atoms with Crippen LogP contribution in [0.3, 0.4) is 0 Å². The van der Waals surface area contributed by atoms with E-state index in [0.29, 0.717) is 0 Å². The Bertz CT molecular complexity index is 806. The molecule has 2 amide bonds. The largest absolute Gasteiger partial charge is 0.347 e. The maximum Gasteiger partial charge on any atom is 0.313 e. The van der Waals surface area contributed by atoms with Crippen LogP contribution in [0.1, 0.15) is 25.0 Å². The van der Waals surface area contributed by atoms with Crippen LogP contribution in [-0.4, -0.2) is 18.4 Å². The van der Waals surface area contributed by atoms with Gasteiger partial charge < -0.3 is 10.6 Å². The molecule has 0 aliphatic carbocycles. The van der Waals surface area contributed by atoms with Crippen LogP contribution in [0.5, 0.6) is 0 Å². The highest BCUT2D eigenvalue weighted by atomic mass is 35.5. The van der Waals surface area contributed by atoms with Crippen LogP contribution in [0.2, 0.25) is 5.02 Å². The van der Waals surface area contributed by atoms with Gasteiger partial charge in [0.25, 0.3) is 0 Å². The van der Waals surface area contributed by atoms with Crippen molar-refractivity contribution in [3.63, 3.8) is 0 Å². The summed E-state index contributed by atoms with van der Waals surface area (Å²) in [6.45, 7) is 6.22. The van der Waals surface area contributed by atoms with E-state index in [-0.39, 0.29) is 22.7 Å². The molecular weight excluding hydrogens is 343 g/mol. The molecule has 0 aliphatic rings. The van der Waals surface area contributed by atoms with Crippen LogP contribution in [-0.2, 0) is 15.0 Å². The Balaban J connectivity index is 1.99. The first-order valence-corrected chi connectivity index (χ1v) is 8.19. The molecule has 0 aliphatic heterocycles. The number of hydrogen-bond acceptors (Lipinski definition) is 2. The lowest BCUT2D eigenvalue weighted by molar-refractivity contribution is -0.136. The van der Waals surface area contributed by atoms with Crippen LogP contribution in [0.15, 0.2) is 42.5 Å². The van der Waals surface area contributed by atoms with Crippen LogP contribution in [0.25, 0.3) is 0 Å². The number of hydrogen-bond donors (Lipinski definition) is 2. The lowest BCUT2D eigenvalue weighted by Gasteiger charge is -2.27. The van der Waals surface area contributed by atoms with Gasteiger partial charge in [-0.25, -0.2) is 4.39 Å². The molecule has 0 atom stereocenters. The second-order valence-electron chi connectivity index (χ2n) is 6.46. The first-order valence-electron chi connectivity index (χ1n) is 7.81. The second-order valence-corrected chi connectivity index (χ2v) is 6.90. The molecular formula is C19H20ClFN2O2. The van der Waals surface area contributed by atoms with Crippen molar-refractivity contribution in [2.45, 2.75) is 26.2 Å². The topological polar surface area (TPSA) is 58.2 Å². The zero-order valence-electron chi connectivity index (χ0n) is 14.3. The Hall–Kier alpha value is -2.40. The molecule has 2 N–H and O–H groups in total.